The van der Waals surface area contributed by atoms with Crippen LogP contribution in [0.15, 0.2) is 4.52 Å². The van der Waals surface area contributed by atoms with Gasteiger partial charge in [-0.2, -0.15) is 4.98 Å². The molecule has 1 aromatic heterocycles. The molecule has 1 aliphatic rings. The molecule has 18 heavy (non-hydrogen) atoms. The minimum Gasteiger partial charge on any atom is -0.384 e. The van der Waals surface area contributed by atoms with Crippen molar-refractivity contribution in [3.63, 3.8) is 0 Å². The molecule has 0 spiro atoms. The normalized spacial score (nSPS) is 20.4. The van der Waals surface area contributed by atoms with Crippen LogP contribution in [0, 0.1) is 0 Å². The van der Waals surface area contributed by atoms with Gasteiger partial charge >= 0.3 is 0 Å². The summed E-state index contributed by atoms with van der Waals surface area (Å²) in [6.07, 6.45) is 2.01. The number of hydrogen-bond acceptors (Lipinski definition) is 5. The molecule has 1 fully saturated rings. The van der Waals surface area contributed by atoms with Gasteiger partial charge in [-0.1, -0.05) is 5.16 Å². The van der Waals surface area contributed by atoms with Gasteiger partial charge in [0.2, 0.25) is 11.8 Å². The predicted molar refractivity (Wildman–Crippen MR) is 64.1 cm³/mol. The SMILES string of the molecule is CCN1CC(c2nc(CCOC)no2)CCC1=O. The van der Waals surface area contributed by atoms with Crippen molar-refractivity contribution in [3.8, 4) is 0 Å². The van der Waals surface area contributed by atoms with E-state index >= 15 is 0 Å². The van der Waals surface area contributed by atoms with Gasteiger partial charge in [-0.15, -0.1) is 0 Å². The van der Waals surface area contributed by atoms with Crippen molar-refractivity contribution >= 4 is 5.91 Å². The lowest BCUT2D eigenvalue weighted by atomic mass is 9.97. The Hall–Kier alpha value is -1.43. The summed E-state index contributed by atoms with van der Waals surface area (Å²) in [5.41, 5.74) is 0. The minimum absolute atomic E-state index is 0.173. The highest BCUT2D eigenvalue weighted by Gasteiger charge is 2.29. The predicted octanol–water partition coefficient (Wildman–Crippen LogP) is 0.984. The fraction of sp³-hybridized carbons (Fsp3) is 0.750. The number of likely N-dealkylation sites (tertiary alicyclic amines) is 1. The summed E-state index contributed by atoms with van der Waals surface area (Å²) in [5.74, 6) is 1.71. The van der Waals surface area contributed by atoms with Gasteiger partial charge in [-0.3, -0.25) is 4.79 Å². The Kier molecular flexibility index (Phi) is 4.30. The van der Waals surface area contributed by atoms with E-state index in [0.29, 0.717) is 37.7 Å². The highest BCUT2D eigenvalue weighted by atomic mass is 16.5. The molecule has 2 rings (SSSR count). The summed E-state index contributed by atoms with van der Waals surface area (Å²) in [6.45, 7) is 3.99. The smallest absolute Gasteiger partial charge is 0.231 e. The lowest BCUT2D eigenvalue weighted by Crippen LogP contribution is -2.38. The maximum absolute atomic E-state index is 11.6. The van der Waals surface area contributed by atoms with Gasteiger partial charge in [0.1, 0.15) is 0 Å². The molecule has 0 aromatic carbocycles. The number of nitrogens with zero attached hydrogens (tertiary/aromatic N) is 3. The van der Waals surface area contributed by atoms with Crippen molar-refractivity contribution in [1.29, 1.82) is 0 Å². The minimum atomic E-state index is 0.173. The molecule has 1 atom stereocenters. The third-order valence-corrected chi connectivity index (χ3v) is 3.24. The molecule has 2 heterocycles. The molecule has 1 saturated heterocycles. The van der Waals surface area contributed by atoms with Crippen LogP contribution in [0.4, 0.5) is 0 Å². The maximum atomic E-state index is 11.6. The number of piperidine rings is 1. The average molecular weight is 253 g/mol. The Balaban J connectivity index is 1.98. The van der Waals surface area contributed by atoms with Crippen LogP contribution in [0.2, 0.25) is 0 Å². The molecule has 0 N–H and O–H groups in total. The van der Waals surface area contributed by atoms with E-state index in [1.54, 1.807) is 7.11 Å². The van der Waals surface area contributed by atoms with Gasteiger partial charge in [0.25, 0.3) is 0 Å². The molecule has 0 aliphatic carbocycles. The summed E-state index contributed by atoms with van der Waals surface area (Å²) >= 11 is 0. The van der Waals surface area contributed by atoms with E-state index < -0.39 is 0 Å². The second kappa shape index (κ2) is 5.95. The van der Waals surface area contributed by atoms with Gasteiger partial charge in [0.15, 0.2) is 5.82 Å². The quantitative estimate of drug-likeness (QED) is 0.782. The highest BCUT2D eigenvalue weighted by Crippen LogP contribution is 2.26. The summed E-state index contributed by atoms with van der Waals surface area (Å²) in [5, 5.41) is 3.93. The van der Waals surface area contributed by atoms with Crippen LogP contribution in [-0.4, -0.2) is 47.8 Å². The fourth-order valence-corrected chi connectivity index (χ4v) is 2.15. The molecule has 6 heteroatoms. The largest absolute Gasteiger partial charge is 0.384 e. The van der Waals surface area contributed by atoms with Crippen LogP contribution >= 0.6 is 0 Å². The number of ether oxygens (including phenoxy) is 1. The first-order valence-electron chi connectivity index (χ1n) is 6.33. The van der Waals surface area contributed by atoms with Crippen molar-refractivity contribution in [2.75, 3.05) is 26.8 Å². The lowest BCUT2D eigenvalue weighted by molar-refractivity contribution is -0.133. The van der Waals surface area contributed by atoms with Crippen LogP contribution in [0.25, 0.3) is 0 Å². The Labute approximate surface area is 106 Å². The molecule has 0 saturated carbocycles. The van der Waals surface area contributed by atoms with E-state index in [1.165, 1.54) is 0 Å². The second-order valence-corrected chi connectivity index (χ2v) is 4.46. The van der Waals surface area contributed by atoms with Gasteiger partial charge in [-0.05, 0) is 13.3 Å². The molecule has 6 nitrogen and oxygen atoms in total. The van der Waals surface area contributed by atoms with Crippen molar-refractivity contribution in [3.05, 3.63) is 11.7 Å². The van der Waals surface area contributed by atoms with Crippen LogP contribution in [0.5, 0.6) is 0 Å². The van der Waals surface area contributed by atoms with Crippen molar-refractivity contribution in [2.24, 2.45) is 0 Å². The monoisotopic (exact) mass is 253 g/mol. The summed E-state index contributed by atoms with van der Waals surface area (Å²) in [7, 11) is 1.65. The fourth-order valence-electron chi connectivity index (χ4n) is 2.15. The van der Waals surface area contributed by atoms with E-state index in [9.17, 15) is 4.79 Å². The second-order valence-electron chi connectivity index (χ2n) is 4.46. The molecule has 0 bridgehead atoms. The van der Waals surface area contributed by atoms with E-state index in [4.69, 9.17) is 9.26 Å². The van der Waals surface area contributed by atoms with Gasteiger partial charge < -0.3 is 14.2 Å². The summed E-state index contributed by atoms with van der Waals surface area (Å²) in [4.78, 5) is 17.8. The molecule has 1 aromatic rings. The first-order chi connectivity index (χ1) is 8.74. The molecular formula is C12H19N3O3. The van der Waals surface area contributed by atoms with Gasteiger partial charge in [0.05, 0.1) is 12.5 Å². The Morgan fingerprint density at radius 1 is 1.56 bits per heavy atom. The first-order valence-corrected chi connectivity index (χ1v) is 6.33. The van der Waals surface area contributed by atoms with Crippen LogP contribution in [-0.2, 0) is 16.0 Å². The number of carbonyl (C=O) groups excluding carboxylic acids is 1. The Bertz CT molecular complexity index is 405. The van der Waals surface area contributed by atoms with Crippen molar-refractivity contribution < 1.29 is 14.1 Å². The number of methoxy groups -OCH3 is 1. The van der Waals surface area contributed by atoms with Gasteiger partial charge in [-0.25, -0.2) is 0 Å². The topological polar surface area (TPSA) is 68.5 Å². The highest BCUT2D eigenvalue weighted by molar-refractivity contribution is 5.77. The van der Waals surface area contributed by atoms with E-state index in [0.717, 1.165) is 13.0 Å². The van der Waals surface area contributed by atoms with E-state index in [2.05, 4.69) is 10.1 Å². The zero-order chi connectivity index (χ0) is 13.0. The third kappa shape index (κ3) is 2.87. The van der Waals surface area contributed by atoms with Crippen LogP contribution < -0.4 is 0 Å². The molecule has 1 unspecified atom stereocenters. The van der Waals surface area contributed by atoms with Crippen molar-refractivity contribution in [1.82, 2.24) is 15.0 Å². The van der Waals surface area contributed by atoms with E-state index in [1.807, 2.05) is 11.8 Å². The average Bonchev–Trinajstić information content (AvgIpc) is 2.85. The van der Waals surface area contributed by atoms with Crippen LogP contribution in [0.1, 0.15) is 37.4 Å². The van der Waals surface area contributed by atoms with E-state index in [-0.39, 0.29) is 11.8 Å². The molecule has 1 amide bonds. The van der Waals surface area contributed by atoms with Crippen LogP contribution in [0.3, 0.4) is 0 Å². The number of amides is 1. The zero-order valence-electron chi connectivity index (χ0n) is 10.9. The lowest BCUT2D eigenvalue weighted by Gasteiger charge is -2.29. The Morgan fingerprint density at radius 2 is 2.39 bits per heavy atom. The molecule has 0 radical (unpaired) electrons. The molecular weight excluding hydrogens is 234 g/mol. The number of carbonyl (C=O) groups is 1. The first kappa shape index (κ1) is 13.0. The Morgan fingerprint density at radius 3 is 3.11 bits per heavy atom. The summed E-state index contributed by atoms with van der Waals surface area (Å²) in [6, 6.07) is 0. The molecule has 100 valence electrons. The number of rotatable bonds is 5. The number of likely N-dealkylation sites (N-methyl/N-ethyl adjacent to an activating group) is 1. The number of hydrogen-bond donors (Lipinski definition) is 0. The standard InChI is InChI=1S/C12H19N3O3/c1-3-15-8-9(4-5-11(15)16)12-13-10(14-18-12)6-7-17-2/h9H,3-8H2,1-2H3. The van der Waals surface area contributed by atoms with Crippen molar-refractivity contribution in [2.45, 2.75) is 32.1 Å². The number of aromatic nitrogens is 2. The van der Waals surface area contributed by atoms with Gasteiger partial charge in [0, 0.05) is 33.0 Å². The molecule has 1 aliphatic heterocycles. The maximum Gasteiger partial charge on any atom is 0.231 e. The zero-order valence-corrected chi connectivity index (χ0v) is 10.9. The third-order valence-electron chi connectivity index (χ3n) is 3.24. The summed E-state index contributed by atoms with van der Waals surface area (Å²) < 4.78 is 10.2.